The molecule has 0 spiro atoms. The third kappa shape index (κ3) is 4.04. The van der Waals surface area contributed by atoms with Crippen molar-refractivity contribution in [2.75, 3.05) is 0 Å². The van der Waals surface area contributed by atoms with Crippen molar-refractivity contribution < 1.29 is 23.8 Å². The molecule has 0 fully saturated rings. The third-order valence-electron chi connectivity index (χ3n) is 1.25. The van der Waals surface area contributed by atoms with Crippen molar-refractivity contribution in [2.45, 2.75) is 25.2 Å². The highest BCUT2D eigenvalue weighted by Gasteiger charge is 2.32. The fourth-order valence-electron chi connectivity index (χ4n) is 0.709. The van der Waals surface area contributed by atoms with E-state index in [1.165, 1.54) is 0 Å². The number of rotatable bonds is 4. The van der Waals surface area contributed by atoms with Gasteiger partial charge in [0.1, 0.15) is 5.40 Å². The largest absolute Gasteiger partial charge is 0.346 e. The molecule has 0 aromatic heterocycles. The van der Waals surface area contributed by atoms with Gasteiger partial charge in [-0.05, 0) is 6.42 Å². The zero-order valence-corrected chi connectivity index (χ0v) is 7.99. The van der Waals surface area contributed by atoms with Crippen molar-refractivity contribution in [3.8, 4) is 0 Å². The summed E-state index contributed by atoms with van der Waals surface area (Å²) < 4.78 is 21.0. The van der Waals surface area contributed by atoms with Crippen molar-refractivity contribution in [1.82, 2.24) is 0 Å². The number of hydrogen-bond acceptors (Lipinski definition) is 2. The van der Waals surface area contributed by atoms with Crippen LogP contribution in [-0.2, 0) is 9.13 Å². The molecule has 0 aliphatic rings. The maximum atomic E-state index is 10.5. The molecule has 0 radical (unpaired) electrons. The Morgan fingerprint density at radius 1 is 1.55 bits per heavy atom. The van der Waals surface area contributed by atoms with E-state index in [4.69, 9.17) is 14.7 Å². The minimum Gasteiger partial charge on any atom is -0.346 e. The summed E-state index contributed by atoms with van der Waals surface area (Å²) >= 11 is 0. The van der Waals surface area contributed by atoms with Crippen molar-refractivity contribution in [3.63, 3.8) is 0 Å². The lowest BCUT2D eigenvalue weighted by Crippen LogP contribution is -2.02. The molecule has 0 saturated carbocycles. The second-order valence-corrected chi connectivity index (χ2v) is 5.89. The minimum atomic E-state index is -4.37. The van der Waals surface area contributed by atoms with E-state index in [1.807, 2.05) is 0 Å². The number of hydrogen-bond donors (Lipinski definition) is 3. The Morgan fingerprint density at radius 2 is 2.00 bits per heavy atom. The van der Waals surface area contributed by atoms with Gasteiger partial charge in [-0.15, -0.1) is 0 Å². The average Bonchev–Trinajstić information content (AvgIpc) is 1.79. The van der Waals surface area contributed by atoms with Gasteiger partial charge < -0.3 is 14.7 Å². The van der Waals surface area contributed by atoms with Gasteiger partial charge in [0.05, 0.1) is 0 Å². The molecule has 0 rings (SSSR count). The quantitative estimate of drug-likeness (QED) is 0.585. The summed E-state index contributed by atoms with van der Waals surface area (Å²) in [7, 11) is -7.47. The maximum Gasteiger partial charge on any atom is 0.337 e. The molecule has 5 nitrogen and oxygen atoms in total. The zero-order chi connectivity index (χ0) is 9.07. The van der Waals surface area contributed by atoms with Gasteiger partial charge in [-0.3, -0.25) is 9.13 Å². The molecule has 0 aliphatic carbocycles. The lowest BCUT2D eigenvalue weighted by atomic mass is 10.4. The topological polar surface area (TPSA) is 94.8 Å². The van der Waals surface area contributed by atoms with E-state index in [0.717, 1.165) is 0 Å². The Balaban J connectivity index is 4.35. The highest BCUT2D eigenvalue weighted by atomic mass is 31.2. The predicted octanol–water partition coefficient (Wildman–Crippen LogP) is 0.757. The van der Waals surface area contributed by atoms with E-state index < -0.39 is 21.0 Å². The van der Waals surface area contributed by atoms with Gasteiger partial charge >= 0.3 is 7.60 Å². The highest BCUT2D eigenvalue weighted by Crippen LogP contribution is 2.53. The Hall–Kier alpha value is 0.340. The first-order valence-corrected chi connectivity index (χ1v) is 6.29. The van der Waals surface area contributed by atoms with Crippen molar-refractivity contribution >= 4 is 15.6 Å². The first kappa shape index (κ1) is 11.3. The van der Waals surface area contributed by atoms with E-state index >= 15 is 0 Å². The van der Waals surface area contributed by atoms with E-state index in [1.54, 1.807) is 6.92 Å². The average molecular weight is 202 g/mol. The van der Waals surface area contributed by atoms with Crippen LogP contribution in [0.25, 0.3) is 0 Å². The smallest absolute Gasteiger partial charge is 0.337 e. The molecule has 0 aliphatic heterocycles. The molecule has 0 aromatic rings. The second-order valence-electron chi connectivity index (χ2n) is 2.23. The minimum absolute atomic E-state index is 0.0958. The Kier molecular flexibility index (Phi) is 4.52. The predicted molar refractivity (Wildman–Crippen MR) is 42.0 cm³/mol. The zero-order valence-electron chi connectivity index (χ0n) is 6.10. The summed E-state index contributed by atoms with van der Waals surface area (Å²) in [6.07, 6.45) is 0.589. The molecule has 0 bridgehead atoms. The Morgan fingerprint density at radius 3 is 2.09 bits per heavy atom. The standard InChI is InChI=1S/C4H12O5P2/c1-2-3-4(10(5)6)11(7,8)9/h4,10H,2-3H2,1H3,(H,5,6)(H2,7,8,9). The highest BCUT2D eigenvalue weighted by molar-refractivity contribution is 7.65. The summed E-state index contributed by atoms with van der Waals surface area (Å²) in [6, 6.07) is 0. The van der Waals surface area contributed by atoms with Crippen LogP contribution in [0.1, 0.15) is 19.8 Å². The molecule has 2 unspecified atom stereocenters. The van der Waals surface area contributed by atoms with Gasteiger partial charge in [0.15, 0.2) is 0 Å². The van der Waals surface area contributed by atoms with Gasteiger partial charge in [0, 0.05) is 0 Å². The SMILES string of the molecule is CCCC([PH](=O)O)P(=O)(O)O. The fraction of sp³-hybridized carbons (Fsp3) is 1.00. The molecular formula is C4H12O5P2. The van der Waals surface area contributed by atoms with E-state index in [0.29, 0.717) is 6.42 Å². The van der Waals surface area contributed by atoms with Crippen LogP contribution in [-0.4, -0.2) is 20.1 Å². The summed E-state index contributed by atoms with van der Waals surface area (Å²) in [5.74, 6) is 0. The van der Waals surface area contributed by atoms with E-state index in [-0.39, 0.29) is 6.42 Å². The maximum absolute atomic E-state index is 10.5. The molecule has 3 N–H and O–H groups in total. The van der Waals surface area contributed by atoms with Crippen LogP contribution in [0.15, 0.2) is 0 Å². The van der Waals surface area contributed by atoms with Crippen LogP contribution in [0, 0.1) is 0 Å². The van der Waals surface area contributed by atoms with Gasteiger partial charge in [0.25, 0.3) is 0 Å². The summed E-state index contributed by atoms with van der Waals surface area (Å²) in [4.78, 5) is 25.6. The monoisotopic (exact) mass is 202 g/mol. The van der Waals surface area contributed by atoms with Crippen molar-refractivity contribution in [1.29, 1.82) is 0 Å². The first-order valence-electron chi connectivity index (χ1n) is 3.17. The lowest BCUT2D eigenvalue weighted by molar-refractivity contribution is 0.362. The van der Waals surface area contributed by atoms with Crippen LogP contribution < -0.4 is 0 Å². The van der Waals surface area contributed by atoms with Crippen LogP contribution in [0.4, 0.5) is 0 Å². The third-order valence-corrected chi connectivity index (χ3v) is 4.85. The molecule has 0 aromatic carbocycles. The summed E-state index contributed by atoms with van der Waals surface area (Å²) in [5.41, 5.74) is 0. The van der Waals surface area contributed by atoms with Crippen LogP contribution in [0.3, 0.4) is 0 Å². The van der Waals surface area contributed by atoms with Crippen LogP contribution >= 0.6 is 15.6 Å². The molecule has 68 valence electrons. The van der Waals surface area contributed by atoms with Gasteiger partial charge in [-0.25, -0.2) is 0 Å². The lowest BCUT2D eigenvalue weighted by Gasteiger charge is -2.13. The van der Waals surface area contributed by atoms with Gasteiger partial charge in [-0.1, -0.05) is 13.3 Å². The van der Waals surface area contributed by atoms with Crippen LogP contribution in [0.5, 0.6) is 0 Å². The molecule has 0 amide bonds. The second kappa shape index (κ2) is 4.39. The molecule has 0 heterocycles. The summed E-state index contributed by atoms with van der Waals surface area (Å²) in [6.45, 7) is 1.70. The molecule has 11 heavy (non-hydrogen) atoms. The van der Waals surface area contributed by atoms with Gasteiger partial charge in [-0.2, -0.15) is 0 Å². The van der Waals surface area contributed by atoms with E-state index in [9.17, 15) is 9.13 Å². The Bertz CT molecular complexity index is 185. The van der Waals surface area contributed by atoms with E-state index in [2.05, 4.69) is 0 Å². The van der Waals surface area contributed by atoms with Gasteiger partial charge in [0.2, 0.25) is 8.03 Å². The summed E-state index contributed by atoms with van der Waals surface area (Å²) in [5, 5.41) is -1.35. The van der Waals surface area contributed by atoms with Crippen molar-refractivity contribution in [2.24, 2.45) is 0 Å². The fourth-order valence-corrected chi connectivity index (χ4v) is 2.99. The molecule has 7 heteroatoms. The normalized spacial score (nSPS) is 17.8. The molecule has 0 saturated heterocycles. The molecular weight excluding hydrogens is 190 g/mol. The molecule has 2 atom stereocenters. The Labute approximate surface area is 65.5 Å². The van der Waals surface area contributed by atoms with Crippen LogP contribution in [0.2, 0.25) is 0 Å². The van der Waals surface area contributed by atoms with Crippen molar-refractivity contribution in [3.05, 3.63) is 0 Å². The first-order chi connectivity index (χ1) is 4.89.